The van der Waals surface area contributed by atoms with Crippen molar-refractivity contribution in [1.29, 1.82) is 0 Å². The molecule has 2 unspecified atom stereocenters. The molecule has 0 amide bonds. The largest absolute Gasteiger partial charge is 0.508 e. The van der Waals surface area contributed by atoms with Crippen LogP contribution in [0.25, 0.3) is 0 Å². The van der Waals surface area contributed by atoms with Crippen molar-refractivity contribution in [2.75, 3.05) is 19.6 Å². The van der Waals surface area contributed by atoms with Gasteiger partial charge in [-0.25, -0.2) is 4.39 Å². The van der Waals surface area contributed by atoms with Crippen LogP contribution in [0.4, 0.5) is 4.39 Å². The molecule has 1 fully saturated rings. The van der Waals surface area contributed by atoms with E-state index in [1.165, 1.54) is 17.7 Å². The minimum absolute atomic E-state index is 0.00906. The SMILES string of the molecule is CC(C)=CCN1CCC(Oc2ccc(F)cc2)C(c2cccc(O)c2)C1. The quantitative estimate of drug-likeness (QED) is 0.787. The Bertz CT molecular complexity index is 753. The number of allylic oxidation sites excluding steroid dienone is 1. The monoisotopic (exact) mass is 355 g/mol. The molecule has 0 spiro atoms. The van der Waals surface area contributed by atoms with Crippen molar-refractivity contribution in [3.63, 3.8) is 0 Å². The lowest BCUT2D eigenvalue weighted by atomic mass is 9.87. The molecule has 2 aromatic rings. The molecule has 0 saturated carbocycles. The zero-order valence-corrected chi connectivity index (χ0v) is 15.4. The van der Waals surface area contributed by atoms with Gasteiger partial charge in [0.1, 0.15) is 23.4 Å². The summed E-state index contributed by atoms with van der Waals surface area (Å²) in [4.78, 5) is 2.41. The maximum atomic E-state index is 13.2. The Kier molecular flexibility index (Phi) is 5.94. The first-order valence-corrected chi connectivity index (χ1v) is 9.08. The van der Waals surface area contributed by atoms with Crippen molar-refractivity contribution in [3.8, 4) is 11.5 Å². The fourth-order valence-corrected chi connectivity index (χ4v) is 3.38. The van der Waals surface area contributed by atoms with Crippen molar-refractivity contribution in [3.05, 3.63) is 71.6 Å². The molecule has 2 atom stereocenters. The summed E-state index contributed by atoms with van der Waals surface area (Å²) >= 11 is 0. The first-order valence-electron chi connectivity index (χ1n) is 9.08. The number of ether oxygens (including phenoxy) is 1. The summed E-state index contributed by atoms with van der Waals surface area (Å²) in [6.45, 7) is 6.94. The second-order valence-corrected chi connectivity index (χ2v) is 7.14. The van der Waals surface area contributed by atoms with Gasteiger partial charge in [0.25, 0.3) is 0 Å². The molecule has 0 radical (unpaired) electrons. The van der Waals surface area contributed by atoms with E-state index >= 15 is 0 Å². The van der Waals surface area contributed by atoms with Gasteiger partial charge in [0, 0.05) is 25.6 Å². The van der Waals surface area contributed by atoms with Gasteiger partial charge in [-0.1, -0.05) is 23.8 Å². The fourth-order valence-electron chi connectivity index (χ4n) is 3.38. The highest BCUT2D eigenvalue weighted by atomic mass is 19.1. The third kappa shape index (κ3) is 4.85. The molecule has 1 aliphatic heterocycles. The minimum Gasteiger partial charge on any atom is -0.508 e. The van der Waals surface area contributed by atoms with E-state index in [1.54, 1.807) is 18.2 Å². The number of piperidine rings is 1. The van der Waals surface area contributed by atoms with Crippen molar-refractivity contribution in [1.82, 2.24) is 4.90 Å². The van der Waals surface area contributed by atoms with E-state index in [4.69, 9.17) is 4.74 Å². The average Bonchev–Trinajstić information content (AvgIpc) is 2.62. The number of nitrogens with zero attached hydrogens (tertiary/aromatic N) is 1. The summed E-state index contributed by atoms with van der Waals surface area (Å²) in [6, 6.07) is 13.6. The molecule has 138 valence electrons. The summed E-state index contributed by atoms with van der Waals surface area (Å²) in [5.74, 6) is 0.827. The van der Waals surface area contributed by atoms with E-state index in [1.807, 2.05) is 18.2 Å². The lowest BCUT2D eigenvalue weighted by molar-refractivity contribution is 0.0832. The van der Waals surface area contributed by atoms with Crippen LogP contribution in [-0.2, 0) is 0 Å². The third-order valence-corrected chi connectivity index (χ3v) is 4.79. The highest BCUT2D eigenvalue weighted by Gasteiger charge is 2.32. The van der Waals surface area contributed by atoms with Crippen molar-refractivity contribution in [2.24, 2.45) is 0 Å². The standard InChI is InChI=1S/C22H26FNO2/c1-16(2)10-12-24-13-11-22(26-20-8-6-18(23)7-9-20)21(15-24)17-4-3-5-19(25)14-17/h3-10,14,21-22,25H,11-13,15H2,1-2H3. The second kappa shape index (κ2) is 8.37. The van der Waals surface area contributed by atoms with Gasteiger partial charge in [0.05, 0.1) is 0 Å². The number of hydrogen-bond donors (Lipinski definition) is 1. The second-order valence-electron chi connectivity index (χ2n) is 7.14. The predicted molar refractivity (Wildman–Crippen MR) is 102 cm³/mol. The van der Waals surface area contributed by atoms with Crippen LogP contribution in [0, 0.1) is 5.82 Å². The molecule has 2 aromatic carbocycles. The van der Waals surface area contributed by atoms with E-state index in [0.29, 0.717) is 5.75 Å². The summed E-state index contributed by atoms with van der Waals surface area (Å²) in [5, 5.41) is 9.89. The van der Waals surface area contributed by atoms with Crippen LogP contribution in [0.1, 0.15) is 31.7 Å². The van der Waals surface area contributed by atoms with E-state index in [2.05, 4.69) is 24.8 Å². The van der Waals surface area contributed by atoms with Gasteiger partial charge in [-0.05, 0) is 62.2 Å². The van der Waals surface area contributed by atoms with Crippen LogP contribution in [-0.4, -0.2) is 35.7 Å². The van der Waals surface area contributed by atoms with Gasteiger partial charge in [-0.2, -0.15) is 0 Å². The molecule has 3 nitrogen and oxygen atoms in total. The maximum Gasteiger partial charge on any atom is 0.123 e. The molecule has 1 N–H and O–H groups in total. The molecule has 1 saturated heterocycles. The van der Waals surface area contributed by atoms with Gasteiger partial charge in [-0.3, -0.25) is 4.90 Å². The lowest BCUT2D eigenvalue weighted by Gasteiger charge is -2.38. The van der Waals surface area contributed by atoms with Crippen LogP contribution in [0.5, 0.6) is 11.5 Å². The third-order valence-electron chi connectivity index (χ3n) is 4.79. The topological polar surface area (TPSA) is 32.7 Å². The van der Waals surface area contributed by atoms with Gasteiger partial charge in [0.2, 0.25) is 0 Å². The average molecular weight is 355 g/mol. The van der Waals surface area contributed by atoms with Crippen LogP contribution in [0.3, 0.4) is 0 Å². The Balaban J connectivity index is 1.80. The molecule has 4 heteroatoms. The molecular weight excluding hydrogens is 329 g/mol. The van der Waals surface area contributed by atoms with Crippen LogP contribution in [0.2, 0.25) is 0 Å². The van der Waals surface area contributed by atoms with Crippen LogP contribution < -0.4 is 4.74 Å². The molecule has 3 rings (SSSR count). The number of rotatable bonds is 5. The van der Waals surface area contributed by atoms with Crippen molar-refractivity contribution in [2.45, 2.75) is 32.3 Å². The number of hydrogen-bond acceptors (Lipinski definition) is 3. The molecule has 0 aromatic heterocycles. The Hall–Kier alpha value is -2.33. The Morgan fingerprint density at radius 2 is 2.00 bits per heavy atom. The normalized spacial score (nSPS) is 20.6. The predicted octanol–water partition coefficient (Wildman–Crippen LogP) is 4.73. The molecule has 1 aliphatic rings. The first kappa shape index (κ1) is 18.5. The number of halogens is 1. The number of benzene rings is 2. The van der Waals surface area contributed by atoms with E-state index in [-0.39, 0.29) is 23.6 Å². The molecule has 26 heavy (non-hydrogen) atoms. The van der Waals surface area contributed by atoms with E-state index in [9.17, 15) is 9.50 Å². The highest BCUT2D eigenvalue weighted by molar-refractivity contribution is 5.32. The van der Waals surface area contributed by atoms with Crippen LogP contribution in [0.15, 0.2) is 60.2 Å². The number of phenolic OH excluding ortho intramolecular Hbond substituents is 1. The lowest BCUT2D eigenvalue weighted by Crippen LogP contribution is -2.44. The summed E-state index contributed by atoms with van der Waals surface area (Å²) < 4.78 is 19.4. The van der Waals surface area contributed by atoms with Crippen molar-refractivity contribution >= 4 is 0 Å². The molecule has 1 heterocycles. The van der Waals surface area contributed by atoms with Gasteiger partial charge < -0.3 is 9.84 Å². The van der Waals surface area contributed by atoms with Gasteiger partial charge >= 0.3 is 0 Å². The minimum atomic E-state index is -0.265. The van der Waals surface area contributed by atoms with Crippen LogP contribution >= 0.6 is 0 Å². The maximum absolute atomic E-state index is 13.2. The Morgan fingerprint density at radius 3 is 2.69 bits per heavy atom. The number of aromatic hydroxyl groups is 1. The Labute approximate surface area is 154 Å². The summed E-state index contributed by atoms with van der Waals surface area (Å²) in [5.41, 5.74) is 2.38. The summed E-state index contributed by atoms with van der Waals surface area (Å²) in [7, 11) is 0. The summed E-state index contributed by atoms with van der Waals surface area (Å²) in [6.07, 6.45) is 3.11. The Morgan fingerprint density at radius 1 is 1.23 bits per heavy atom. The van der Waals surface area contributed by atoms with Crippen molar-refractivity contribution < 1.29 is 14.2 Å². The van der Waals surface area contributed by atoms with Gasteiger partial charge in [0.15, 0.2) is 0 Å². The highest BCUT2D eigenvalue weighted by Crippen LogP contribution is 2.32. The first-order chi connectivity index (χ1) is 12.5. The zero-order chi connectivity index (χ0) is 18.5. The number of phenols is 1. The molecule has 0 bridgehead atoms. The fraction of sp³-hybridized carbons (Fsp3) is 0.364. The zero-order valence-electron chi connectivity index (χ0n) is 15.4. The van der Waals surface area contributed by atoms with E-state index in [0.717, 1.165) is 31.6 Å². The molecular formula is C22H26FNO2. The smallest absolute Gasteiger partial charge is 0.123 e. The number of likely N-dealkylation sites (tertiary alicyclic amines) is 1. The molecule has 0 aliphatic carbocycles. The van der Waals surface area contributed by atoms with Gasteiger partial charge in [-0.15, -0.1) is 0 Å². The van der Waals surface area contributed by atoms with E-state index < -0.39 is 0 Å².